The standard InChI is InChI=1S/C24H23N3O3/c1-5-25-23-9-7-6-8-20(23)21(24(25)28)14-18-13-16(3)26(17(18)4)22-11-10-19(27(29)30)12-15(22)2/h6-14H,5H2,1-4H3/b21-14+. The molecule has 2 aromatic carbocycles. The second-order valence-electron chi connectivity index (χ2n) is 7.51. The normalized spacial score (nSPS) is 14.5. The number of nitrogens with zero attached hydrogens (tertiary/aromatic N) is 3. The largest absolute Gasteiger partial charge is 0.318 e. The molecule has 4 rings (SSSR count). The van der Waals surface area contributed by atoms with Crippen LogP contribution in [0.5, 0.6) is 0 Å². The van der Waals surface area contributed by atoms with E-state index in [-0.39, 0.29) is 16.5 Å². The van der Waals surface area contributed by atoms with Crippen molar-refractivity contribution in [3.63, 3.8) is 0 Å². The minimum absolute atomic E-state index is 0.00928. The van der Waals surface area contributed by atoms with Crippen LogP contribution in [0.25, 0.3) is 17.3 Å². The Balaban J connectivity index is 1.83. The number of aryl methyl sites for hydroxylation is 2. The van der Waals surface area contributed by atoms with Crippen LogP contribution in [0.1, 0.15) is 35.0 Å². The van der Waals surface area contributed by atoms with Gasteiger partial charge < -0.3 is 9.47 Å². The van der Waals surface area contributed by atoms with Gasteiger partial charge >= 0.3 is 0 Å². The Kier molecular flexibility index (Phi) is 4.78. The summed E-state index contributed by atoms with van der Waals surface area (Å²) in [6.07, 6.45) is 1.95. The maximum absolute atomic E-state index is 13.0. The molecular weight excluding hydrogens is 378 g/mol. The van der Waals surface area contributed by atoms with E-state index in [1.807, 2.05) is 64.1 Å². The molecule has 0 bridgehead atoms. The highest BCUT2D eigenvalue weighted by Crippen LogP contribution is 2.38. The molecule has 6 heteroatoms. The zero-order chi connectivity index (χ0) is 21.6. The van der Waals surface area contributed by atoms with E-state index in [0.29, 0.717) is 12.1 Å². The topological polar surface area (TPSA) is 68.4 Å². The van der Waals surface area contributed by atoms with Crippen molar-refractivity contribution < 1.29 is 9.72 Å². The summed E-state index contributed by atoms with van der Waals surface area (Å²) in [5.74, 6) is 0.00928. The molecule has 0 radical (unpaired) electrons. The number of hydrogen-bond acceptors (Lipinski definition) is 3. The first-order chi connectivity index (χ1) is 14.3. The van der Waals surface area contributed by atoms with Crippen LogP contribution in [0.2, 0.25) is 0 Å². The highest BCUT2D eigenvalue weighted by atomic mass is 16.6. The van der Waals surface area contributed by atoms with Crippen LogP contribution < -0.4 is 4.90 Å². The second-order valence-corrected chi connectivity index (χ2v) is 7.51. The first kappa shape index (κ1) is 19.6. The summed E-state index contributed by atoms with van der Waals surface area (Å²) in [6.45, 7) is 8.46. The lowest BCUT2D eigenvalue weighted by Gasteiger charge is -2.13. The van der Waals surface area contributed by atoms with E-state index in [4.69, 9.17) is 0 Å². The molecule has 3 aromatic rings. The lowest BCUT2D eigenvalue weighted by Crippen LogP contribution is -2.25. The van der Waals surface area contributed by atoms with E-state index in [2.05, 4.69) is 4.57 Å². The molecule has 0 saturated heterocycles. The van der Waals surface area contributed by atoms with E-state index in [9.17, 15) is 14.9 Å². The minimum Gasteiger partial charge on any atom is -0.318 e. The molecule has 152 valence electrons. The van der Waals surface area contributed by atoms with Crippen molar-refractivity contribution in [1.82, 2.24) is 4.57 Å². The van der Waals surface area contributed by atoms with Gasteiger partial charge in [0.25, 0.3) is 11.6 Å². The molecule has 30 heavy (non-hydrogen) atoms. The van der Waals surface area contributed by atoms with Crippen LogP contribution >= 0.6 is 0 Å². The maximum atomic E-state index is 13.0. The third kappa shape index (κ3) is 3.01. The predicted molar refractivity (Wildman–Crippen MR) is 119 cm³/mol. The highest BCUT2D eigenvalue weighted by molar-refractivity contribution is 6.35. The number of amides is 1. The number of likely N-dealkylation sites (N-methyl/N-ethyl adjacent to an activating group) is 1. The molecule has 1 amide bonds. The Morgan fingerprint density at radius 3 is 2.43 bits per heavy atom. The fourth-order valence-corrected chi connectivity index (χ4v) is 4.22. The zero-order valence-corrected chi connectivity index (χ0v) is 17.5. The average Bonchev–Trinajstić information content (AvgIpc) is 3.15. The van der Waals surface area contributed by atoms with Crippen LogP contribution in [0.4, 0.5) is 11.4 Å². The molecule has 0 fully saturated rings. The van der Waals surface area contributed by atoms with Gasteiger partial charge in [-0.25, -0.2) is 0 Å². The first-order valence-corrected chi connectivity index (χ1v) is 9.90. The average molecular weight is 401 g/mol. The number of carbonyl (C=O) groups is 1. The quantitative estimate of drug-likeness (QED) is 0.342. The Bertz CT molecular complexity index is 1220. The molecule has 0 unspecified atom stereocenters. The van der Waals surface area contributed by atoms with Gasteiger partial charge in [0.05, 0.1) is 10.6 Å². The van der Waals surface area contributed by atoms with Crippen molar-refractivity contribution in [3.05, 3.63) is 86.7 Å². The predicted octanol–water partition coefficient (Wildman–Crippen LogP) is 5.22. The maximum Gasteiger partial charge on any atom is 0.269 e. The fourth-order valence-electron chi connectivity index (χ4n) is 4.22. The number of hydrogen-bond donors (Lipinski definition) is 0. The number of nitro groups is 1. The molecule has 1 aliphatic rings. The minimum atomic E-state index is -0.384. The number of para-hydroxylation sites is 1. The van der Waals surface area contributed by atoms with Gasteiger partial charge in [-0.15, -0.1) is 0 Å². The van der Waals surface area contributed by atoms with Gasteiger partial charge in [-0.05, 0) is 63.1 Å². The van der Waals surface area contributed by atoms with Gasteiger partial charge in [0.15, 0.2) is 0 Å². The number of fused-ring (bicyclic) bond motifs is 1. The van der Waals surface area contributed by atoms with Crippen LogP contribution in [0.15, 0.2) is 48.5 Å². The SMILES string of the molecule is CCN1C(=O)/C(=C/c2cc(C)n(-c3ccc([N+](=O)[O-])cc3C)c2C)c2ccccc21. The number of non-ortho nitro benzene ring substituents is 1. The molecule has 0 N–H and O–H groups in total. The third-order valence-corrected chi connectivity index (χ3v) is 5.68. The van der Waals surface area contributed by atoms with E-state index in [0.717, 1.165) is 39.5 Å². The van der Waals surface area contributed by atoms with E-state index < -0.39 is 0 Å². The zero-order valence-electron chi connectivity index (χ0n) is 17.5. The Morgan fingerprint density at radius 1 is 1.03 bits per heavy atom. The Hall–Kier alpha value is -3.67. The van der Waals surface area contributed by atoms with Gasteiger partial charge in [-0.3, -0.25) is 14.9 Å². The number of rotatable bonds is 4. The second kappa shape index (κ2) is 7.30. The number of aromatic nitrogens is 1. The summed E-state index contributed by atoms with van der Waals surface area (Å²) in [5, 5.41) is 11.1. The van der Waals surface area contributed by atoms with E-state index in [1.165, 1.54) is 6.07 Å². The number of anilines is 1. The first-order valence-electron chi connectivity index (χ1n) is 9.90. The van der Waals surface area contributed by atoms with Crippen molar-refractivity contribution in [2.45, 2.75) is 27.7 Å². The number of carbonyl (C=O) groups excluding carboxylic acids is 1. The summed E-state index contributed by atoms with van der Waals surface area (Å²) in [7, 11) is 0. The Morgan fingerprint density at radius 2 is 1.77 bits per heavy atom. The lowest BCUT2D eigenvalue weighted by molar-refractivity contribution is -0.384. The van der Waals surface area contributed by atoms with Crippen molar-refractivity contribution >= 4 is 28.9 Å². The summed E-state index contributed by atoms with van der Waals surface area (Å²) in [4.78, 5) is 25.5. The monoisotopic (exact) mass is 401 g/mol. The molecule has 0 spiro atoms. The summed E-state index contributed by atoms with van der Waals surface area (Å²) in [6, 6.07) is 14.8. The molecule has 2 heterocycles. The smallest absolute Gasteiger partial charge is 0.269 e. The molecule has 0 saturated carbocycles. The molecular formula is C24H23N3O3. The van der Waals surface area contributed by atoms with Crippen LogP contribution in [0, 0.1) is 30.9 Å². The molecule has 0 aliphatic carbocycles. The summed E-state index contributed by atoms with van der Waals surface area (Å²) in [5.41, 5.74) is 7.32. The van der Waals surface area contributed by atoms with E-state index >= 15 is 0 Å². The lowest BCUT2D eigenvalue weighted by atomic mass is 10.0. The Labute approximate surface area is 175 Å². The van der Waals surface area contributed by atoms with E-state index in [1.54, 1.807) is 17.0 Å². The number of nitro benzene ring substituents is 1. The van der Waals surface area contributed by atoms with Gasteiger partial charge in [0, 0.05) is 46.9 Å². The summed E-state index contributed by atoms with van der Waals surface area (Å²) < 4.78 is 2.08. The van der Waals surface area contributed by atoms with Crippen molar-refractivity contribution in [1.29, 1.82) is 0 Å². The van der Waals surface area contributed by atoms with Gasteiger partial charge in [-0.2, -0.15) is 0 Å². The summed E-state index contributed by atoms with van der Waals surface area (Å²) >= 11 is 0. The fraction of sp³-hybridized carbons (Fsp3) is 0.208. The number of benzene rings is 2. The van der Waals surface area contributed by atoms with Crippen molar-refractivity contribution in [3.8, 4) is 5.69 Å². The van der Waals surface area contributed by atoms with Crippen molar-refractivity contribution in [2.75, 3.05) is 11.4 Å². The van der Waals surface area contributed by atoms with Crippen molar-refractivity contribution in [2.24, 2.45) is 0 Å². The van der Waals surface area contributed by atoms with Crippen LogP contribution in [-0.2, 0) is 4.79 Å². The highest BCUT2D eigenvalue weighted by Gasteiger charge is 2.31. The van der Waals surface area contributed by atoms with Gasteiger partial charge in [0.2, 0.25) is 0 Å². The van der Waals surface area contributed by atoms with Crippen LogP contribution in [-0.4, -0.2) is 21.9 Å². The third-order valence-electron chi connectivity index (χ3n) is 5.68. The van der Waals surface area contributed by atoms with Crippen LogP contribution in [0.3, 0.4) is 0 Å². The van der Waals surface area contributed by atoms with Gasteiger partial charge in [0.1, 0.15) is 0 Å². The van der Waals surface area contributed by atoms with Gasteiger partial charge in [-0.1, -0.05) is 18.2 Å². The molecule has 6 nitrogen and oxygen atoms in total. The molecule has 1 aliphatic heterocycles. The molecule has 0 atom stereocenters. The molecule has 1 aromatic heterocycles.